The van der Waals surface area contributed by atoms with Gasteiger partial charge in [0.1, 0.15) is 17.3 Å². The zero-order valence-electron chi connectivity index (χ0n) is 10.3. The Hall–Kier alpha value is -2.39. The summed E-state index contributed by atoms with van der Waals surface area (Å²) in [5.41, 5.74) is 1.20. The number of para-hydroxylation sites is 1. The molecule has 0 amide bonds. The molecule has 6 heteroatoms. The van der Waals surface area contributed by atoms with E-state index in [0.717, 1.165) is 10.0 Å². The average molecular weight is 332 g/mol. The highest BCUT2D eigenvalue weighted by Crippen LogP contribution is 2.28. The van der Waals surface area contributed by atoms with Crippen molar-refractivity contribution in [3.63, 3.8) is 0 Å². The molecule has 0 spiro atoms. The molecule has 2 aromatic carbocycles. The monoisotopic (exact) mass is 331 g/mol. The molecule has 2 aromatic rings. The molecular formula is C14H10BrN3O2. The summed E-state index contributed by atoms with van der Waals surface area (Å²) >= 11 is 3.35. The van der Waals surface area contributed by atoms with E-state index in [2.05, 4.69) is 21.2 Å². The lowest BCUT2D eigenvalue weighted by Gasteiger charge is -2.08. The maximum atomic E-state index is 11.1. The highest BCUT2D eigenvalue weighted by molar-refractivity contribution is 9.10. The Morgan fingerprint density at radius 3 is 2.55 bits per heavy atom. The van der Waals surface area contributed by atoms with Crippen LogP contribution in [0.1, 0.15) is 11.1 Å². The van der Waals surface area contributed by atoms with E-state index in [9.17, 15) is 10.1 Å². The van der Waals surface area contributed by atoms with E-state index in [-0.39, 0.29) is 11.3 Å². The first-order valence-electron chi connectivity index (χ1n) is 5.77. The van der Waals surface area contributed by atoms with E-state index in [1.165, 1.54) is 6.07 Å². The standard InChI is InChI=1S/C14H10BrN3O2/c15-12-6-4-10(5-7-12)9-17-13-3-1-2-11(8-16)14(13)18(19)20/h1-7,17H,9H2. The molecule has 5 nitrogen and oxygen atoms in total. The van der Waals surface area contributed by atoms with E-state index >= 15 is 0 Å². The number of hydrogen-bond donors (Lipinski definition) is 1. The Bertz CT molecular complexity index is 678. The molecule has 0 heterocycles. The highest BCUT2D eigenvalue weighted by atomic mass is 79.9. The van der Waals surface area contributed by atoms with Crippen molar-refractivity contribution in [1.29, 1.82) is 5.26 Å². The summed E-state index contributed by atoms with van der Waals surface area (Å²) in [4.78, 5) is 10.5. The second-order valence-electron chi connectivity index (χ2n) is 4.05. The van der Waals surface area contributed by atoms with Crippen LogP contribution < -0.4 is 5.32 Å². The summed E-state index contributed by atoms with van der Waals surface area (Å²) in [5, 5.41) is 23.0. The van der Waals surface area contributed by atoms with Crippen LogP contribution in [-0.4, -0.2) is 4.92 Å². The first-order chi connectivity index (χ1) is 9.61. The van der Waals surface area contributed by atoms with Gasteiger partial charge >= 0.3 is 5.69 Å². The molecule has 0 bridgehead atoms. The molecule has 0 saturated carbocycles. The largest absolute Gasteiger partial charge is 0.375 e. The van der Waals surface area contributed by atoms with Crippen LogP contribution in [0.3, 0.4) is 0 Å². The third-order valence-electron chi connectivity index (χ3n) is 2.74. The predicted octanol–water partition coefficient (Wildman–Crippen LogP) is 3.84. The van der Waals surface area contributed by atoms with Gasteiger partial charge in [0.05, 0.1) is 4.92 Å². The van der Waals surface area contributed by atoms with Crippen LogP contribution in [-0.2, 0) is 6.54 Å². The lowest BCUT2D eigenvalue weighted by atomic mass is 10.1. The van der Waals surface area contributed by atoms with Gasteiger partial charge in [-0.1, -0.05) is 34.1 Å². The summed E-state index contributed by atoms with van der Waals surface area (Å²) in [7, 11) is 0. The number of halogens is 1. The number of rotatable bonds is 4. The number of benzene rings is 2. The van der Waals surface area contributed by atoms with Crippen molar-refractivity contribution in [3.8, 4) is 6.07 Å². The van der Waals surface area contributed by atoms with Crippen molar-refractivity contribution >= 4 is 27.3 Å². The molecule has 0 radical (unpaired) electrons. The second-order valence-corrected chi connectivity index (χ2v) is 4.97. The molecule has 0 unspecified atom stereocenters. The van der Waals surface area contributed by atoms with E-state index in [1.807, 2.05) is 30.3 Å². The summed E-state index contributed by atoms with van der Waals surface area (Å²) in [6.45, 7) is 0.447. The first kappa shape index (κ1) is 14.0. The van der Waals surface area contributed by atoms with Gasteiger partial charge in [-0.25, -0.2) is 0 Å². The molecule has 100 valence electrons. The van der Waals surface area contributed by atoms with Gasteiger partial charge in [-0.2, -0.15) is 5.26 Å². The zero-order chi connectivity index (χ0) is 14.5. The van der Waals surface area contributed by atoms with Crippen LogP contribution in [0.5, 0.6) is 0 Å². The van der Waals surface area contributed by atoms with Crippen LogP contribution in [0, 0.1) is 21.4 Å². The summed E-state index contributed by atoms with van der Waals surface area (Å²) in [6, 6.07) is 14.1. The van der Waals surface area contributed by atoms with Crippen molar-refractivity contribution in [3.05, 3.63) is 68.2 Å². The van der Waals surface area contributed by atoms with Crippen LogP contribution in [0.25, 0.3) is 0 Å². The fourth-order valence-corrected chi connectivity index (χ4v) is 2.04. The molecule has 1 N–H and O–H groups in total. The summed E-state index contributed by atoms with van der Waals surface area (Å²) < 4.78 is 0.971. The van der Waals surface area contributed by atoms with Crippen LogP contribution in [0.4, 0.5) is 11.4 Å². The third kappa shape index (κ3) is 3.13. The Kier molecular flexibility index (Phi) is 4.33. The van der Waals surface area contributed by atoms with E-state index < -0.39 is 4.92 Å². The van der Waals surface area contributed by atoms with Crippen LogP contribution in [0.2, 0.25) is 0 Å². The minimum absolute atomic E-state index is 0.0517. The van der Waals surface area contributed by atoms with Crippen molar-refractivity contribution in [2.24, 2.45) is 0 Å². The number of hydrogen-bond acceptors (Lipinski definition) is 4. The number of nitro benzene ring substituents is 1. The quantitative estimate of drug-likeness (QED) is 0.681. The highest BCUT2D eigenvalue weighted by Gasteiger charge is 2.19. The predicted molar refractivity (Wildman–Crippen MR) is 79.3 cm³/mol. The lowest BCUT2D eigenvalue weighted by Crippen LogP contribution is -2.04. The molecule has 20 heavy (non-hydrogen) atoms. The maximum absolute atomic E-state index is 11.1. The summed E-state index contributed by atoms with van der Waals surface area (Å²) in [6.07, 6.45) is 0. The van der Waals surface area contributed by atoms with Gasteiger partial charge < -0.3 is 5.32 Å². The first-order valence-corrected chi connectivity index (χ1v) is 6.57. The van der Waals surface area contributed by atoms with Gasteiger partial charge in [0.25, 0.3) is 0 Å². The molecule has 0 fully saturated rings. The van der Waals surface area contributed by atoms with Crippen LogP contribution >= 0.6 is 15.9 Å². The number of nitriles is 1. The van der Waals surface area contributed by atoms with Gasteiger partial charge in [0.2, 0.25) is 0 Å². The fraction of sp³-hybridized carbons (Fsp3) is 0.0714. The number of nitrogens with zero attached hydrogens (tertiary/aromatic N) is 2. The minimum Gasteiger partial charge on any atom is -0.375 e. The molecular weight excluding hydrogens is 322 g/mol. The van der Waals surface area contributed by atoms with Crippen molar-refractivity contribution in [1.82, 2.24) is 0 Å². The number of nitro groups is 1. The van der Waals surface area contributed by atoms with Gasteiger partial charge in [-0.3, -0.25) is 10.1 Å². The van der Waals surface area contributed by atoms with E-state index in [1.54, 1.807) is 12.1 Å². The Morgan fingerprint density at radius 1 is 1.25 bits per heavy atom. The van der Waals surface area contributed by atoms with Gasteiger partial charge in [0, 0.05) is 11.0 Å². The summed E-state index contributed by atoms with van der Waals surface area (Å²) in [5.74, 6) is 0. The Labute approximate surface area is 124 Å². The normalized spacial score (nSPS) is 9.80. The molecule has 2 rings (SSSR count). The number of nitrogens with one attached hydrogen (secondary N) is 1. The molecule has 0 aliphatic rings. The van der Waals surface area contributed by atoms with Crippen LogP contribution in [0.15, 0.2) is 46.9 Å². The second kappa shape index (κ2) is 6.17. The Morgan fingerprint density at radius 2 is 1.95 bits per heavy atom. The molecule has 0 aliphatic heterocycles. The minimum atomic E-state index is -0.539. The van der Waals surface area contributed by atoms with E-state index in [0.29, 0.717) is 12.2 Å². The molecule has 0 saturated heterocycles. The van der Waals surface area contributed by atoms with E-state index in [4.69, 9.17) is 5.26 Å². The van der Waals surface area contributed by atoms with Gasteiger partial charge in [-0.15, -0.1) is 0 Å². The van der Waals surface area contributed by atoms with Gasteiger partial charge in [-0.05, 0) is 29.8 Å². The Balaban J connectivity index is 2.23. The molecule has 0 aromatic heterocycles. The zero-order valence-corrected chi connectivity index (χ0v) is 11.9. The van der Waals surface area contributed by atoms with Crippen molar-refractivity contribution in [2.45, 2.75) is 6.54 Å². The SMILES string of the molecule is N#Cc1cccc(NCc2ccc(Br)cc2)c1[N+](=O)[O-]. The average Bonchev–Trinajstić information content (AvgIpc) is 2.46. The van der Waals surface area contributed by atoms with Crippen molar-refractivity contribution < 1.29 is 4.92 Å². The lowest BCUT2D eigenvalue weighted by molar-refractivity contribution is -0.384. The number of anilines is 1. The molecule has 0 aliphatic carbocycles. The maximum Gasteiger partial charge on any atom is 0.309 e. The van der Waals surface area contributed by atoms with Gasteiger partial charge in [0.15, 0.2) is 0 Å². The smallest absolute Gasteiger partial charge is 0.309 e. The molecule has 0 atom stereocenters. The third-order valence-corrected chi connectivity index (χ3v) is 3.26. The van der Waals surface area contributed by atoms with Crippen molar-refractivity contribution in [2.75, 3.05) is 5.32 Å². The topological polar surface area (TPSA) is 79.0 Å². The fourth-order valence-electron chi connectivity index (χ4n) is 1.77.